The third-order valence-corrected chi connectivity index (χ3v) is 2.27. The fraction of sp³-hybridized carbons (Fsp3) is 0.364. The molecular weight excluding hydrogens is 162 g/mol. The highest BCUT2D eigenvalue weighted by atomic mass is 16.5. The first-order valence-electron chi connectivity index (χ1n) is 4.47. The molecule has 0 radical (unpaired) electrons. The van der Waals surface area contributed by atoms with Gasteiger partial charge < -0.3 is 4.74 Å². The zero-order chi connectivity index (χ0) is 9.26. The summed E-state index contributed by atoms with van der Waals surface area (Å²) in [6, 6.07) is 6.16. The van der Waals surface area contributed by atoms with Gasteiger partial charge >= 0.3 is 0 Å². The number of ether oxygens (including phenoxy) is 1. The first-order chi connectivity index (χ1) is 6.31. The molecule has 13 heavy (non-hydrogen) atoms. The minimum Gasteiger partial charge on any atom is -0.492 e. The van der Waals surface area contributed by atoms with Crippen LogP contribution >= 0.6 is 0 Å². The molecule has 0 spiro atoms. The van der Waals surface area contributed by atoms with Crippen LogP contribution in [0.25, 0.3) is 0 Å². The Hall–Kier alpha value is -1.49. The van der Waals surface area contributed by atoms with E-state index in [0.29, 0.717) is 5.56 Å². The molecule has 1 heterocycles. The molecule has 1 aliphatic rings. The Balaban J connectivity index is 2.58. The Morgan fingerprint density at radius 2 is 2.31 bits per heavy atom. The van der Waals surface area contributed by atoms with Gasteiger partial charge in [0.1, 0.15) is 11.8 Å². The van der Waals surface area contributed by atoms with E-state index in [1.807, 2.05) is 13.0 Å². The zero-order valence-corrected chi connectivity index (χ0v) is 7.63. The van der Waals surface area contributed by atoms with Gasteiger partial charge in [-0.15, -0.1) is 0 Å². The van der Waals surface area contributed by atoms with Crippen molar-refractivity contribution >= 4 is 0 Å². The Morgan fingerprint density at radius 3 is 3.08 bits per heavy atom. The van der Waals surface area contributed by atoms with E-state index >= 15 is 0 Å². The van der Waals surface area contributed by atoms with Crippen molar-refractivity contribution in [2.24, 2.45) is 0 Å². The molecule has 0 amide bonds. The monoisotopic (exact) mass is 173 g/mol. The van der Waals surface area contributed by atoms with Gasteiger partial charge in [-0.2, -0.15) is 5.26 Å². The quantitative estimate of drug-likeness (QED) is 0.602. The van der Waals surface area contributed by atoms with Crippen molar-refractivity contribution < 1.29 is 4.74 Å². The maximum absolute atomic E-state index is 8.89. The zero-order valence-electron chi connectivity index (χ0n) is 7.63. The molecule has 0 aliphatic carbocycles. The van der Waals surface area contributed by atoms with Gasteiger partial charge in [-0.3, -0.25) is 0 Å². The van der Waals surface area contributed by atoms with E-state index in [1.54, 1.807) is 0 Å². The topological polar surface area (TPSA) is 33.0 Å². The highest BCUT2D eigenvalue weighted by molar-refractivity contribution is 5.51. The number of nitrogens with zero attached hydrogens (tertiary/aromatic N) is 1. The molecule has 0 N–H and O–H groups in total. The van der Waals surface area contributed by atoms with Crippen molar-refractivity contribution in [2.75, 3.05) is 6.61 Å². The largest absolute Gasteiger partial charge is 0.492 e. The van der Waals surface area contributed by atoms with Gasteiger partial charge in [0.05, 0.1) is 12.2 Å². The van der Waals surface area contributed by atoms with Gasteiger partial charge in [-0.05, 0) is 37.0 Å². The van der Waals surface area contributed by atoms with Gasteiger partial charge in [0.15, 0.2) is 0 Å². The van der Waals surface area contributed by atoms with E-state index in [4.69, 9.17) is 10.00 Å². The Morgan fingerprint density at radius 1 is 1.46 bits per heavy atom. The van der Waals surface area contributed by atoms with Crippen LogP contribution in [0.15, 0.2) is 12.1 Å². The minimum atomic E-state index is 0.676. The lowest BCUT2D eigenvalue weighted by Gasteiger charge is -2.18. The molecule has 66 valence electrons. The predicted molar refractivity (Wildman–Crippen MR) is 49.7 cm³/mol. The van der Waals surface area contributed by atoms with E-state index in [0.717, 1.165) is 30.8 Å². The Bertz CT molecular complexity index is 376. The second kappa shape index (κ2) is 3.10. The van der Waals surface area contributed by atoms with Crippen molar-refractivity contribution in [3.05, 3.63) is 28.8 Å². The van der Waals surface area contributed by atoms with Gasteiger partial charge in [0.2, 0.25) is 0 Å². The average Bonchev–Trinajstić information content (AvgIpc) is 2.16. The van der Waals surface area contributed by atoms with Crippen molar-refractivity contribution in [3.63, 3.8) is 0 Å². The van der Waals surface area contributed by atoms with Crippen LogP contribution in [0, 0.1) is 18.3 Å². The first kappa shape index (κ1) is 8.12. The summed E-state index contributed by atoms with van der Waals surface area (Å²) in [5.74, 6) is 0.805. The van der Waals surface area contributed by atoms with Gasteiger partial charge in [0.25, 0.3) is 0 Å². The minimum absolute atomic E-state index is 0.676. The molecule has 0 aromatic heterocycles. The van der Waals surface area contributed by atoms with E-state index in [-0.39, 0.29) is 0 Å². The van der Waals surface area contributed by atoms with Crippen LogP contribution in [0.5, 0.6) is 5.75 Å². The number of nitriles is 1. The number of hydrogen-bond acceptors (Lipinski definition) is 2. The standard InChI is InChI=1S/C11H11NO/c1-8-5-9-3-2-4-13-11(9)10(6-8)7-12/h5-6H,2-4H2,1H3. The van der Waals surface area contributed by atoms with Crippen LogP contribution in [-0.2, 0) is 6.42 Å². The lowest BCUT2D eigenvalue weighted by molar-refractivity contribution is 0.287. The summed E-state index contributed by atoms with van der Waals surface area (Å²) < 4.78 is 5.48. The summed E-state index contributed by atoms with van der Waals surface area (Å²) in [7, 11) is 0. The number of rotatable bonds is 0. The summed E-state index contributed by atoms with van der Waals surface area (Å²) in [4.78, 5) is 0. The number of aryl methyl sites for hydroxylation is 2. The van der Waals surface area contributed by atoms with Crippen LogP contribution in [0.2, 0.25) is 0 Å². The van der Waals surface area contributed by atoms with Crippen molar-refractivity contribution in [1.29, 1.82) is 5.26 Å². The van der Waals surface area contributed by atoms with Crippen LogP contribution in [0.3, 0.4) is 0 Å². The normalized spacial score (nSPS) is 14.2. The molecule has 0 bridgehead atoms. The van der Waals surface area contributed by atoms with Crippen LogP contribution in [0.1, 0.15) is 23.1 Å². The maximum atomic E-state index is 8.89. The van der Waals surface area contributed by atoms with E-state index in [1.165, 1.54) is 5.56 Å². The Kier molecular flexibility index (Phi) is 1.94. The number of benzene rings is 1. The third kappa shape index (κ3) is 1.38. The maximum Gasteiger partial charge on any atom is 0.140 e. The smallest absolute Gasteiger partial charge is 0.140 e. The lowest BCUT2D eigenvalue weighted by atomic mass is 10.00. The molecule has 1 aliphatic heterocycles. The highest BCUT2D eigenvalue weighted by Crippen LogP contribution is 2.29. The van der Waals surface area contributed by atoms with E-state index < -0.39 is 0 Å². The van der Waals surface area contributed by atoms with E-state index in [9.17, 15) is 0 Å². The van der Waals surface area contributed by atoms with Crippen molar-refractivity contribution in [2.45, 2.75) is 19.8 Å². The lowest BCUT2D eigenvalue weighted by Crippen LogP contribution is -2.09. The molecule has 0 atom stereocenters. The van der Waals surface area contributed by atoms with Gasteiger partial charge in [-0.25, -0.2) is 0 Å². The number of fused-ring (bicyclic) bond motifs is 1. The van der Waals surface area contributed by atoms with Crippen LogP contribution < -0.4 is 4.74 Å². The fourth-order valence-electron chi connectivity index (χ4n) is 1.72. The predicted octanol–water partition coefficient (Wildman–Crippen LogP) is 2.19. The highest BCUT2D eigenvalue weighted by Gasteiger charge is 2.14. The third-order valence-electron chi connectivity index (χ3n) is 2.27. The van der Waals surface area contributed by atoms with Crippen LogP contribution in [0.4, 0.5) is 0 Å². The molecule has 0 saturated heterocycles. The Labute approximate surface area is 77.8 Å². The average molecular weight is 173 g/mol. The van der Waals surface area contributed by atoms with Gasteiger partial charge in [0, 0.05) is 0 Å². The molecule has 0 saturated carbocycles. The molecule has 1 aromatic carbocycles. The SMILES string of the molecule is Cc1cc(C#N)c2c(c1)CCCO2. The molecule has 0 unspecified atom stereocenters. The summed E-state index contributed by atoms with van der Waals surface area (Å²) >= 11 is 0. The second-order valence-corrected chi connectivity index (χ2v) is 3.36. The molecule has 2 nitrogen and oxygen atoms in total. The molecule has 2 heteroatoms. The van der Waals surface area contributed by atoms with Crippen molar-refractivity contribution in [1.82, 2.24) is 0 Å². The summed E-state index contributed by atoms with van der Waals surface area (Å²) in [6.07, 6.45) is 2.09. The van der Waals surface area contributed by atoms with Crippen molar-refractivity contribution in [3.8, 4) is 11.8 Å². The molecule has 1 aromatic rings. The molecule has 2 rings (SSSR count). The summed E-state index contributed by atoms with van der Waals surface area (Å²) in [6.45, 7) is 2.75. The van der Waals surface area contributed by atoms with E-state index in [2.05, 4.69) is 12.1 Å². The molecule has 0 fully saturated rings. The second-order valence-electron chi connectivity index (χ2n) is 3.36. The first-order valence-corrected chi connectivity index (χ1v) is 4.47. The summed E-state index contributed by atoms with van der Waals surface area (Å²) in [5, 5.41) is 8.89. The number of hydrogen-bond donors (Lipinski definition) is 0. The fourth-order valence-corrected chi connectivity index (χ4v) is 1.72. The van der Waals surface area contributed by atoms with Gasteiger partial charge in [-0.1, -0.05) is 6.07 Å². The summed E-state index contributed by atoms with van der Waals surface area (Å²) in [5.41, 5.74) is 3.00. The van der Waals surface area contributed by atoms with Crippen LogP contribution in [-0.4, -0.2) is 6.61 Å². The molecular formula is C11H11NO.